The van der Waals surface area contributed by atoms with Gasteiger partial charge >= 0.3 is 0 Å². The molecule has 1 heterocycles. The Morgan fingerprint density at radius 3 is 3.00 bits per heavy atom. The van der Waals surface area contributed by atoms with Crippen molar-refractivity contribution in [1.82, 2.24) is 4.90 Å². The minimum Gasteiger partial charge on any atom is -0.384 e. The minimum atomic E-state index is -0.215. The van der Waals surface area contributed by atoms with Gasteiger partial charge in [-0.15, -0.1) is 0 Å². The first-order valence-corrected chi connectivity index (χ1v) is 7.19. The van der Waals surface area contributed by atoms with E-state index in [4.69, 9.17) is 9.84 Å². The quantitative estimate of drug-likeness (QED) is 0.859. The molecule has 21 heavy (non-hydrogen) atoms. The lowest BCUT2D eigenvalue weighted by molar-refractivity contribution is 0.0587. The number of benzene rings is 1. The molecule has 112 valence electrons. The Bertz CT molecular complexity index is 565. The number of amides is 1. The summed E-state index contributed by atoms with van der Waals surface area (Å²) in [7, 11) is 1.79. The van der Waals surface area contributed by atoms with Crippen molar-refractivity contribution >= 4 is 5.91 Å². The van der Waals surface area contributed by atoms with Gasteiger partial charge in [-0.1, -0.05) is 23.5 Å². The van der Waals surface area contributed by atoms with Gasteiger partial charge in [-0.05, 0) is 31.9 Å². The van der Waals surface area contributed by atoms with Crippen molar-refractivity contribution in [2.75, 3.05) is 26.8 Å². The summed E-state index contributed by atoms with van der Waals surface area (Å²) >= 11 is 0. The van der Waals surface area contributed by atoms with Crippen molar-refractivity contribution in [3.05, 3.63) is 34.9 Å². The first kappa shape index (κ1) is 15.6. The number of ether oxygens (including phenoxy) is 1. The highest BCUT2D eigenvalue weighted by molar-refractivity contribution is 5.96. The third kappa shape index (κ3) is 4.07. The van der Waals surface area contributed by atoms with E-state index in [1.54, 1.807) is 11.9 Å². The maximum atomic E-state index is 12.6. The predicted octanol–water partition coefficient (Wildman–Crippen LogP) is 1.59. The SMILES string of the molecule is Cc1ccc(C#CCO)c(C(=O)N(C)CC2CCCO2)c1. The number of carbonyl (C=O) groups excluding carboxylic acids is 1. The summed E-state index contributed by atoms with van der Waals surface area (Å²) in [4.78, 5) is 14.3. The average molecular weight is 287 g/mol. The molecule has 1 aliphatic rings. The van der Waals surface area contributed by atoms with Crippen molar-refractivity contribution in [1.29, 1.82) is 0 Å². The van der Waals surface area contributed by atoms with Crippen molar-refractivity contribution in [2.45, 2.75) is 25.9 Å². The van der Waals surface area contributed by atoms with Crippen LogP contribution in [0.25, 0.3) is 0 Å². The van der Waals surface area contributed by atoms with Crippen LogP contribution in [0.4, 0.5) is 0 Å². The lowest BCUT2D eigenvalue weighted by Crippen LogP contribution is -2.34. The van der Waals surface area contributed by atoms with E-state index in [0.29, 0.717) is 17.7 Å². The number of carbonyl (C=O) groups is 1. The standard InChI is InChI=1S/C17H21NO3/c1-13-7-8-14(5-3-9-19)16(11-13)17(20)18(2)12-15-6-4-10-21-15/h7-8,11,15,19H,4,6,9-10,12H2,1-2H3. The summed E-state index contributed by atoms with van der Waals surface area (Å²) in [6.45, 7) is 3.11. The molecule has 0 aromatic heterocycles. The summed E-state index contributed by atoms with van der Waals surface area (Å²) in [5, 5.41) is 8.83. The molecule has 1 aromatic rings. The number of hydrogen-bond acceptors (Lipinski definition) is 3. The van der Waals surface area contributed by atoms with Crippen LogP contribution in [0, 0.1) is 18.8 Å². The van der Waals surface area contributed by atoms with E-state index in [-0.39, 0.29) is 18.6 Å². The summed E-state index contributed by atoms with van der Waals surface area (Å²) in [6.07, 6.45) is 2.20. The van der Waals surface area contributed by atoms with E-state index >= 15 is 0 Å². The molecule has 1 aromatic carbocycles. The zero-order valence-corrected chi connectivity index (χ0v) is 12.6. The molecular weight excluding hydrogens is 266 g/mol. The maximum absolute atomic E-state index is 12.6. The molecule has 1 aliphatic heterocycles. The fourth-order valence-corrected chi connectivity index (χ4v) is 2.46. The number of aryl methyl sites for hydroxylation is 1. The zero-order valence-electron chi connectivity index (χ0n) is 12.6. The topological polar surface area (TPSA) is 49.8 Å². The second kappa shape index (κ2) is 7.26. The number of nitrogens with zero attached hydrogens (tertiary/aromatic N) is 1. The van der Waals surface area contributed by atoms with E-state index in [2.05, 4.69) is 11.8 Å². The number of hydrogen-bond donors (Lipinski definition) is 1. The molecule has 2 rings (SSSR count). The van der Waals surface area contributed by atoms with E-state index in [1.807, 2.05) is 25.1 Å². The summed E-state index contributed by atoms with van der Waals surface area (Å²) in [5.74, 6) is 5.38. The lowest BCUT2D eigenvalue weighted by Gasteiger charge is -2.21. The third-order valence-corrected chi connectivity index (χ3v) is 3.56. The van der Waals surface area contributed by atoms with Crippen LogP contribution in [-0.2, 0) is 4.74 Å². The largest absolute Gasteiger partial charge is 0.384 e. The highest BCUT2D eigenvalue weighted by Crippen LogP contribution is 2.16. The lowest BCUT2D eigenvalue weighted by atomic mass is 10.0. The number of likely N-dealkylation sites (N-methyl/N-ethyl adjacent to an activating group) is 1. The Hall–Kier alpha value is -1.83. The molecule has 0 spiro atoms. The van der Waals surface area contributed by atoms with Crippen LogP contribution >= 0.6 is 0 Å². The first-order valence-electron chi connectivity index (χ1n) is 7.19. The maximum Gasteiger partial charge on any atom is 0.254 e. The summed E-state index contributed by atoms with van der Waals surface area (Å²) in [6, 6.07) is 5.58. The second-order valence-corrected chi connectivity index (χ2v) is 5.33. The van der Waals surface area contributed by atoms with Crippen LogP contribution in [0.2, 0.25) is 0 Å². The summed E-state index contributed by atoms with van der Waals surface area (Å²) in [5.41, 5.74) is 2.24. The molecule has 1 fully saturated rings. The van der Waals surface area contributed by atoms with Gasteiger partial charge in [-0.25, -0.2) is 0 Å². The Morgan fingerprint density at radius 2 is 2.33 bits per heavy atom. The van der Waals surface area contributed by atoms with Crippen LogP contribution < -0.4 is 0 Å². The van der Waals surface area contributed by atoms with Gasteiger partial charge in [0.25, 0.3) is 5.91 Å². The van der Waals surface area contributed by atoms with Crippen LogP contribution in [0.1, 0.15) is 34.3 Å². The molecule has 1 atom stereocenters. The van der Waals surface area contributed by atoms with Crippen LogP contribution in [-0.4, -0.2) is 48.8 Å². The minimum absolute atomic E-state index is 0.0589. The van der Waals surface area contributed by atoms with E-state index in [9.17, 15) is 4.79 Å². The van der Waals surface area contributed by atoms with Crippen molar-refractivity contribution < 1.29 is 14.6 Å². The number of aliphatic hydroxyl groups is 1. The molecule has 0 bridgehead atoms. The van der Waals surface area contributed by atoms with Gasteiger partial charge < -0.3 is 14.7 Å². The Balaban J connectivity index is 2.18. The third-order valence-electron chi connectivity index (χ3n) is 3.56. The Morgan fingerprint density at radius 1 is 1.52 bits per heavy atom. The van der Waals surface area contributed by atoms with Crippen LogP contribution in [0.3, 0.4) is 0 Å². The van der Waals surface area contributed by atoms with Gasteiger partial charge in [-0.3, -0.25) is 4.79 Å². The Labute approximate surface area is 125 Å². The fourth-order valence-electron chi connectivity index (χ4n) is 2.46. The molecule has 1 unspecified atom stereocenters. The van der Waals surface area contributed by atoms with E-state index in [0.717, 1.165) is 25.0 Å². The molecule has 0 saturated carbocycles. The Kier molecular flexibility index (Phi) is 5.38. The first-order chi connectivity index (χ1) is 10.1. The number of rotatable bonds is 3. The van der Waals surface area contributed by atoms with Gasteiger partial charge in [0.1, 0.15) is 6.61 Å². The van der Waals surface area contributed by atoms with Gasteiger partial charge in [0.05, 0.1) is 11.7 Å². The van der Waals surface area contributed by atoms with E-state index < -0.39 is 0 Å². The molecule has 1 saturated heterocycles. The molecule has 4 heteroatoms. The molecule has 1 N–H and O–H groups in total. The smallest absolute Gasteiger partial charge is 0.254 e. The van der Waals surface area contributed by atoms with Gasteiger partial charge in [0.15, 0.2) is 0 Å². The second-order valence-electron chi connectivity index (χ2n) is 5.33. The van der Waals surface area contributed by atoms with Crippen LogP contribution in [0.15, 0.2) is 18.2 Å². The summed E-state index contributed by atoms with van der Waals surface area (Å²) < 4.78 is 5.57. The monoisotopic (exact) mass is 287 g/mol. The molecule has 1 amide bonds. The predicted molar refractivity (Wildman–Crippen MR) is 81.1 cm³/mol. The normalized spacial score (nSPS) is 17.2. The van der Waals surface area contributed by atoms with Crippen molar-refractivity contribution in [3.63, 3.8) is 0 Å². The van der Waals surface area contributed by atoms with Crippen LogP contribution in [0.5, 0.6) is 0 Å². The number of aliphatic hydroxyl groups excluding tert-OH is 1. The molecule has 0 aliphatic carbocycles. The van der Waals surface area contributed by atoms with E-state index in [1.165, 1.54) is 0 Å². The molecule has 4 nitrogen and oxygen atoms in total. The van der Waals surface area contributed by atoms with Gasteiger partial charge in [0, 0.05) is 25.8 Å². The van der Waals surface area contributed by atoms with Gasteiger partial charge in [0.2, 0.25) is 0 Å². The zero-order chi connectivity index (χ0) is 15.2. The highest BCUT2D eigenvalue weighted by atomic mass is 16.5. The molecule has 0 radical (unpaired) electrons. The van der Waals surface area contributed by atoms with Crippen molar-refractivity contribution in [2.24, 2.45) is 0 Å². The van der Waals surface area contributed by atoms with Gasteiger partial charge in [-0.2, -0.15) is 0 Å². The fraction of sp³-hybridized carbons (Fsp3) is 0.471. The highest BCUT2D eigenvalue weighted by Gasteiger charge is 2.22. The van der Waals surface area contributed by atoms with Crippen molar-refractivity contribution in [3.8, 4) is 11.8 Å². The average Bonchev–Trinajstić information content (AvgIpc) is 2.98. The molecular formula is C17H21NO3.